The molecule has 0 aromatic carbocycles. The third-order valence-electron chi connectivity index (χ3n) is 7.82. The van der Waals surface area contributed by atoms with Gasteiger partial charge in [0.05, 0.1) is 12.2 Å². The summed E-state index contributed by atoms with van der Waals surface area (Å²) in [5.41, 5.74) is 1.42. The Morgan fingerprint density at radius 1 is 1.25 bits per heavy atom. The van der Waals surface area contributed by atoms with E-state index in [1.807, 2.05) is 6.08 Å². The van der Waals surface area contributed by atoms with Crippen molar-refractivity contribution >= 4 is 5.97 Å². The molecule has 0 amide bonds. The van der Waals surface area contributed by atoms with Crippen LogP contribution in [0, 0.1) is 29.1 Å². The van der Waals surface area contributed by atoms with Gasteiger partial charge >= 0.3 is 5.97 Å². The molecule has 3 rings (SSSR count). The predicted molar refractivity (Wildman–Crippen MR) is 111 cm³/mol. The van der Waals surface area contributed by atoms with Crippen molar-refractivity contribution in [3.63, 3.8) is 0 Å². The lowest BCUT2D eigenvalue weighted by Gasteiger charge is -2.62. The first-order valence-corrected chi connectivity index (χ1v) is 11.3. The maximum Gasteiger partial charge on any atom is 0.303 e. The van der Waals surface area contributed by atoms with Crippen molar-refractivity contribution in [3.05, 3.63) is 23.8 Å². The Labute approximate surface area is 169 Å². The summed E-state index contributed by atoms with van der Waals surface area (Å²) in [5.74, 6) is 0.689. The Morgan fingerprint density at radius 2 is 1.96 bits per heavy atom. The molecule has 0 aromatic rings. The van der Waals surface area contributed by atoms with E-state index in [4.69, 9.17) is 5.11 Å². The lowest BCUT2D eigenvalue weighted by molar-refractivity contribution is -0.136. The molecule has 4 heteroatoms. The average molecular weight is 391 g/mol. The molecule has 0 radical (unpaired) electrons. The molecule has 4 nitrogen and oxygen atoms in total. The van der Waals surface area contributed by atoms with Gasteiger partial charge in [0.1, 0.15) is 0 Å². The maximum absolute atomic E-state index is 10.8. The maximum atomic E-state index is 10.8. The van der Waals surface area contributed by atoms with Crippen LogP contribution in [-0.4, -0.2) is 33.5 Å². The van der Waals surface area contributed by atoms with Gasteiger partial charge in [-0.05, 0) is 48.9 Å². The summed E-state index contributed by atoms with van der Waals surface area (Å²) in [6.45, 7) is 4.48. The standard InChI is InChI=1S/C24H38O4/c1-16-20(9-6-10-22(27)28)24(2)14-13-21(26)19(23(16)24)12-11-18(25)15-17-7-4-3-5-8-17/h9,11-12,16-19,21,23,25-26H,3-8,10,13-15H2,1-2H3,(H,27,28)/b12-11+,20-9?/t16?,18?,19-,21+,23+,24+/m1/s1. The number of aliphatic hydroxyl groups excluding tert-OH is 2. The summed E-state index contributed by atoms with van der Waals surface area (Å²) in [4.78, 5) is 10.8. The van der Waals surface area contributed by atoms with Gasteiger partial charge in [0.15, 0.2) is 0 Å². The molecule has 28 heavy (non-hydrogen) atoms. The van der Waals surface area contributed by atoms with Gasteiger partial charge in [-0.3, -0.25) is 4.79 Å². The molecular formula is C24H38O4. The third-order valence-corrected chi connectivity index (χ3v) is 7.82. The number of carboxylic acids is 1. The van der Waals surface area contributed by atoms with Crippen LogP contribution in [0.3, 0.4) is 0 Å². The van der Waals surface area contributed by atoms with Crippen LogP contribution in [-0.2, 0) is 4.79 Å². The molecule has 0 heterocycles. The van der Waals surface area contributed by atoms with Crippen molar-refractivity contribution in [2.75, 3.05) is 0 Å². The normalized spacial score (nSPS) is 38.9. The smallest absolute Gasteiger partial charge is 0.303 e. The van der Waals surface area contributed by atoms with Gasteiger partial charge in [0.25, 0.3) is 0 Å². The summed E-state index contributed by atoms with van der Waals surface area (Å²) >= 11 is 0. The van der Waals surface area contributed by atoms with Gasteiger partial charge in [-0.2, -0.15) is 0 Å². The average Bonchev–Trinajstić information content (AvgIpc) is 2.66. The van der Waals surface area contributed by atoms with Gasteiger partial charge in [0, 0.05) is 12.3 Å². The quantitative estimate of drug-likeness (QED) is 0.550. The molecule has 3 saturated carbocycles. The Morgan fingerprint density at radius 3 is 2.64 bits per heavy atom. The molecule has 3 aliphatic carbocycles. The Hall–Kier alpha value is -1.13. The number of rotatable bonds is 7. The highest BCUT2D eigenvalue weighted by Gasteiger charge is 2.58. The van der Waals surface area contributed by atoms with Gasteiger partial charge < -0.3 is 15.3 Å². The summed E-state index contributed by atoms with van der Waals surface area (Å²) in [6, 6.07) is 0. The Balaban J connectivity index is 1.63. The predicted octanol–water partition coefficient (Wildman–Crippen LogP) is 4.71. The number of hydrogen-bond acceptors (Lipinski definition) is 3. The molecule has 0 bridgehead atoms. The lowest BCUT2D eigenvalue weighted by Crippen LogP contribution is -2.56. The van der Waals surface area contributed by atoms with Crippen molar-refractivity contribution in [2.24, 2.45) is 29.1 Å². The molecular weight excluding hydrogens is 352 g/mol. The lowest BCUT2D eigenvalue weighted by atomic mass is 9.43. The van der Waals surface area contributed by atoms with Crippen LogP contribution < -0.4 is 0 Å². The highest BCUT2D eigenvalue weighted by Crippen LogP contribution is 2.64. The number of fused-ring (bicyclic) bond motifs is 1. The first-order valence-electron chi connectivity index (χ1n) is 11.3. The zero-order valence-electron chi connectivity index (χ0n) is 17.5. The minimum atomic E-state index is -0.752. The molecule has 0 aliphatic heterocycles. The monoisotopic (exact) mass is 390 g/mol. The zero-order valence-corrected chi connectivity index (χ0v) is 17.5. The van der Waals surface area contributed by atoms with E-state index >= 15 is 0 Å². The van der Waals surface area contributed by atoms with Crippen LogP contribution >= 0.6 is 0 Å². The summed E-state index contributed by atoms with van der Waals surface area (Å²) in [5, 5.41) is 30.1. The Bertz CT molecular complexity index is 604. The highest BCUT2D eigenvalue weighted by molar-refractivity contribution is 5.66. The Kier molecular flexibility index (Phi) is 7.03. The van der Waals surface area contributed by atoms with Crippen LogP contribution in [0.1, 0.15) is 78.1 Å². The molecule has 0 saturated heterocycles. The molecule has 3 fully saturated rings. The van der Waals surface area contributed by atoms with Crippen LogP contribution in [0.2, 0.25) is 0 Å². The largest absolute Gasteiger partial charge is 0.481 e. The second kappa shape index (κ2) is 9.13. The van der Waals surface area contributed by atoms with Gasteiger partial charge in [-0.15, -0.1) is 0 Å². The molecule has 3 aliphatic rings. The third kappa shape index (κ3) is 4.54. The molecule has 0 aromatic heterocycles. The summed E-state index contributed by atoms with van der Waals surface area (Å²) < 4.78 is 0. The zero-order chi connectivity index (χ0) is 20.3. The number of carboxylic acid groups (broad SMARTS) is 1. The number of aliphatic hydroxyl groups is 2. The van der Waals surface area contributed by atoms with Crippen molar-refractivity contribution in [1.82, 2.24) is 0 Å². The number of hydrogen-bond donors (Lipinski definition) is 3. The van der Waals surface area contributed by atoms with Crippen LogP contribution in [0.15, 0.2) is 23.8 Å². The highest BCUT2D eigenvalue weighted by atomic mass is 16.4. The second-order valence-electron chi connectivity index (χ2n) is 9.70. The van der Waals surface area contributed by atoms with Crippen molar-refractivity contribution in [3.8, 4) is 0 Å². The van der Waals surface area contributed by atoms with E-state index in [2.05, 4.69) is 26.0 Å². The first-order chi connectivity index (χ1) is 13.3. The second-order valence-corrected chi connectivity index (χ2v) is 9.70. The first kappa shape index (κ1) is 21.6. The van der Waals surface area contributed by atoms with E-state index in [9.17, 15) is 15.0 Å². The van der Waals surface area contributed by atoms with Crippen molar-refractivity contribution < 1.29 is 20.1 Å². The van der Waals surface area contributed by atoms with Crippen molar-refractivity contribution in [2.45, 2.75) is 90.3 Å². The molecule has 158 valence electrons. The number of carbonyl (C=O) groups is 1. The molecule has 6 atom stereocenters. The van der Waals surface area contributed by atoms with Crippen LogP contribution in [0.4, 0.5) is 0 Å². The SMILES string of the molecule is CC1C(=CCCC(=O)O)[C@]2(C)CC[C@H](O)[C@@H](/C=C/C(O)CC3CCCCC3)[C@H]12. The molecule has 0 spiro atoms. The topological polar surface area (TPSA) is 77.8 Å². The fourth-order valence-corrected chi connectivity index (χ4v) is 6.43. The van der Waals surface area contributed by atoms with E-state index in [1.165, 1.54) is 37.7 Å². The fraction of sp³-hybridized carbons (Fsp3) is 0.792. The molecule has 3 N–H and O–H groups in total. The summed E-state index contributed by atoms with van der Waals surface area (Å²) in [7, 11) is 0. The van der Waals surface area contributed by atoms with E-state index in [0.29, 0.717) is 24.2 Å². The fourth-order valence-electron chi connectivity index (χ4n) is 6.43. The molecule has 2 unspecified atom stereocenters. The van der Waals surface area contributed by atoms with E-state index < -0.39 is 12.1 Å². The van der Waals surface area contributed by atoms with Gasteiger partial charge in [-0.25, -0.2) is 0 Å². The minimum absolute atomic E-state index is 0.0560. The van der Waals surface area contributed by atoms with E-state index in [0.717, 1.165) is 19.3 Å². The number of aliphatic carboxylic acids is 1. The van der Waals surface area contributed by atoms with Crippen LogP contribution in [0.25, 0.3) is 0 Å². The van der Waals surface area contributed by atoms with Crippen molar-refractivity contribution in [1.29, 1.82) is 0 Å². The van der Waals surface area contributed by atoms with E-state index in [1.54, 1.807) is 0 Å². The number of allylic oxidation sites excluding steroid dienone is 2. The van der Waals surface area contributed by atoms with E-state index in [-0.39, 0.29) is 23.9 Å². The van der Waals surface area contributed by atoms with Crippen LogP contribution in [0.5, 0.6) is 0 Å². The summed E-state index contributed by atoms with van der Waals surface area (Å²) in [6.07, 6.45) is 15.1. The van der Waals surface area contributed by atoms with Gasteiger partial charge in [0.2, 0.25) is 0 Å². The van der Waals surface area contributed by atoms with Gasteiger partial charge in [-0.1, -0.05) is 69.8 Å². The minimum Gasteiger partial charge on any atom is -0.481 e.